The second-order valence-corrected chi connectivity index (χ2v) is 8.34. The van der Waals surface area contributed by atoms with Crippen LogP contribution in [0.5, 0.6) is 11.5 Å². The van der Waals surface area contributed by atoms with Gasteiger partial charge in [0.1, 0.15) is 0 Å². The zero-order valence-electron chi connectivity index (χ0n) is 15.3. The zero-order valence-corrected chi connectivity index (χ0v) is 16.1. The number of ether oxygens (including phenoxy) is 2. The van der Waals surface area contributed by atoms with Gasteiger partial charge in [0.2, 0.25) is 0 Å². The Hall–Kier alpha value is -2.01. The van der Waals surface area contributed by atoms with Crippen LogP contribution in [0.1, 0.15) is 33.6 Å². The smallest absolute Gasteiger partial charge is 0.175 e. The Kier molecular flexibility index (Phi) is 6.48. The van der Waals surface area contributed by atoms with Gasteiger partial charge in [-0.1, -0.05) is 31.5 Å². The van der Waals surface area contributed by atoms with Gasteiger partial charge in [0, 0.05) is 6.26 Å². The molecule has 2 aromatic rings. The predicted octanol–water partition coefficient (Wildman–Crippen LogP) is 4.72. The van der Waals surface area contributed by atoms with Crippen LogP contribution in [0, 0.1) is 0 Å². The van der Waals surface area contributed by atoms with Crippen molar-refractivity contribution < 1.29 is 17.9 Å². The SMILES string of the molecule is CCCCOc1cc(-c2ccc(S(C)(=O)=O)cc2)ccc1OC(C)C. The standard InChI is InChI=1S/C20H26O4S/c1-5-6-13-23-20-14-17(9-12-19(20)24-15(2)3)16-7-10-18(11-8-16)25(4,21)22/h7-12,14-15H,5-6,13H2,1-4H3. The summed E-state index contributed by atoms with van der Waals surface area (Å²) in [6, 6.07) is 12.7. The molecule has 0 saturated carbocycles. The van der Waals surface area contributed by atoms with Gasteiger partial charge in [-0.2, -0.15) is 0 Å². The lowest BCUT2D eigenvalue weighted by Gasteiger charge is -2.16. The van der Waals surface area contributed by atoms with Gasteiger partial charge < -0.3 is 9.47 Å². The highest BCUT2D eigenvalue weighted by molar-refractivity contribution is 7.90. The quantitative estimate of drug-likeness (QED) is 0.638. The van der Waals surface area contributed by atoms with Crippen LogP contribution in [-0.2, 0) is 9.84 Å². The molecule has 5 heteroatoms. The molecule has 0 amide bonds. The fourth-order valence-corrected chi connectivity index (χ4v) is 3.00. The summed E-state index contributed by atoms with van der Waals surface area (Å²) in [5.41, 5.74) is 1.89. The van der Waals surface area contributed by atoms with E-state index in [1.54, 1.807) is 12.1 Å². The summed E-state index contributed by atoms with van der Waals surface area (Å²) in [5.74, 6) is 1.44. The van der Waals surface area contributed by atoms with Crippen LogP contribution < -0.4 is 9.47 Å². The third-order valence-corrected chi connectivity index (χ3v) is 4.81. The minimum atomic E-state index is -3.19. The van der Waals surface area contributed by atoms with Gasteiger partial charge in [-0.05, 0) is 55.7 Å². The van der Waals surface area contributed by atoms with Crippen molar-refractivity contribution in [3.63, 3.8) is 0 Å². The maximum absolute atomic E-state index is 11.6. The van der Waals surface area contributed by atoms with E-state index in [1.807, 2.05) is 44.2 Å². The number of hydrogen-bond donors (Lipinski definition) is 0. The van der Waals surface area contributed by atoms with Crippen molar-refractivity contribution in [1.82, 2.24) is 0 Å². The van der Waals surface area contributed by atoms with Crippen LogP contribution in [0.3, 0.4) is 0 Å². The molecule has 0 bridgehead atoms. The minimum absolute atomic E-state index is 0.0634. The molecule has 0 heterocycles. The monoisotopic (exact) mass is 362 g/mol. The van der Waals surface area contributed by atoms with E-state index in [2.05, 4.69) is 6.92 Å². The molecule has 2 rings (SSSR count). The van der Waals surface area contributed by atoms with E-state index in [0.29, 0.717) is 17.3 Å². The average molecular weight is 362 g/mol. The largest absolute Gasteiger partial charge is 0.490 e. The molecule has 0 spiro atoms. The van der Waals surface area contributed by atoms with E-state index < -0.39 is 9.84 Å². The molecule has 0 aromatic heterocycles. The fraction of sp³-hybridized carbons (Fsp3) is 0.400. The summed E-state index contributed by atoms with van der Waals surface area (Å²) in [6.07, 6.45) is 3.31. The Balaban J connectivity index is 2.32. The first-order valence-corrected chi connectivity index (χ1v) is 10.4. The normalized spacial score (nSPS) is 11.6. The van der Waals surface area contributed by atoms with Crippen molar-refractivity contribution in [1.29, 1.82) is 0 Å². The van der Waals surface area contributed by atoms with Crippen molar-refractivity contribution in [2.24, 2.45) is 0 Å². The van der Waals surface area contributed by atoms with Gasteiger partial charge in [0.05, 0.1) is 17.6 Å². The Labute approximate surface area is 150 Å². The van der Waals surface area contributed by atoms with E-state index in [-0.39, 0.29) is 6.10 Å². The Morgan fingerprint density at radius 1 is 0.960 bits per heavy atom. The van der Waals surface area contributed by atoms with Gasteiger partial charge in [-0.3, -0.25) is 0 Å². The maximum Gasteiger partial charge on any atom is 0.175 e. The first kappa shape index (κ1) is 19.3. The van der Waals surface area contributed by atoms with E-state index in [1.165, 1.54) is 6.26 Å². The molecular formula is C20H26O4S. The van der Waals surface area contributed by atoms with Crippen molar-refractivity contribution in [2.75, 3.05) is 12.9 Å². The first-order valence-electron chi connectivity index (χ1n) is 8.55. The highest BCUT2D eigenvalue weighted by Crippen LogP contribution is 2.34. The van der Waals surface area contributed by atoms with Crippen LogP contribution in [0.25, 0.3) is 11.1 Å². The topological polar surface area (TPSA) is 52.6 Å². The summed E-state index contributed by atoms with van der Waals surface area (Å²) in [5, 5.41) is 0. The average Bonchev–Trinajstić information content (AvgIpc) is 2.55. The van der Waals surface area contributed by atoms with Crippen molar-refractivity contribution >= 4 is 9.84 Å². The number of rotatable bonds is 8. The van der Waals surface area contributed by atoms with E-state index >= 15 is 0 Å². The predicted molar refractivity (Wildman–Crippen MR) is 101 cm³/mol. The summed E-state index contributed by atoms with van der Waals surface area (Å²) >= 11 is 0. The molecule has 0 fully saturated rings. The molecule has 0 saturated heterocycles. The second kappa shape index (κ2) is 8.39. The molecular weight excluding hydrogens is 336 g/mol. The molecule has 0 unspecified atom stereocenters. The van der Waals surface area contributed by atoms with Gasteiger partial charge >= 0.3 is 0 Å². The zero-order chi connectivity index (χ0) is 18.4. The molecule has 0 radical (unpaired) electrons. The Morgan fingerprint density at radius 3 is 2.16 bits per heavy atom. The number of hydrogen-bond acceptors (Lipinski definition) is 4. The first-order chi connectivity index (χ1) is 11.8. The molecule has 4 nitrogen and oxygen atoms in total. The van der Waals surface area contributed by atoms with Crippen molar-refractivity contribution in [3.05, 3.63) is 42.5 Å². The molecule has 2 aromatic carbocycles. The summed E-state index contributed by atoms with van der Waals surface area (Å²) in [6.45, 7) is 6.72. The molecule has 0 aliphatic heterocycles. The fourth-order valence-electron chi connectivity index (χ4n) is 2.37. The molecule has 0 aliphatic rings. The second-order valence-electron chi connectivity index (χ2n) is 6.33. The maximum atomic E-state index is 11.6. The van der Waals surface area contributed by atoms with Crippen LogP contribution in [0.4, 0.5) is 0 Å². The van der Waals surface area contributed by atoms with Crippen molar-refractivity contribution in [2.45, 2.75) is 44.6 Å². The van der Waals surface area contributed by atoms with E-state index in [0.717, 1.165) is 29.7 Å². The van der Waals surface area contributed by atoms with Crippen LogP contribution >= 0.6 is 0 Å². The molecule has 0 atom stereocenters. The summed E-state index contributed by atoms with van der Waals surface area (Å²) in [4.78, 5) is 0.315. The van der Waals surface area contributed by atoms with Gasteiger partial charge in [-0.15, -0.1) is 0 Å². The lowest BCUT2D eigenvalue weighted by Crippen LogP contribution is -2.08. The molecule has 25 heavy (non-hydrogen) atoms. The molecule has 136 valence electrons. The van der Waals surface area contributed by atoms with E-state index in [4.69, 9.17) is 9.47 Å². The number of sulfone groups is 1. The van der Waals surface area contributed by atoms with E-state index in [9.17, 15) is 8.42 Å². The lowest BCUT2D eigenvalue weighted by atomic mass is 10.1. The van der Waals surface area contributed by atoms with Crippen LogP contribution in [-0.4, -0.2) is 27.4 Å². The molecule has 0 aliphatic carbocycles. The number of unbranched alkanes of at least 4 members (excludes halogenated alkanes) is 1. The Bertz CT molecular complexity index is 793. The lowest BCUT2D eigenvalue weighted by molar-refractivity contribution is 0.220. The van der Waals surface area contributed by atoms with Gasteiger partial charge in [-0.25, -0.2) is 8.42 Å². The third-order valence-electron chi connectivity index (χ3n) is 3.68. The van der Waals surface area contributed by atoms with Crippen molar-refractivity contribution in [3.8, 4) is 22.6 Å². The summed E-state index contributed by atoms with van der Waals surface area (Å²) in [7, 11) is -3.19. The highest BCUT2D eigenvalue weighted by Gasteiger charge is 2.11. The van der Waals surface area contributed by atoms with Gasteiger partial charge in [0.15, 0.2) is 21.3 Å². The minimum Gasteiger partial charge on any atom is -0.490 e. The van der Waals surface area contributed by atoms with Crippen LogP contribution in [0.15, 0.2) is 47.4 Å². The molecule has 0 N–H and O–H groups in total. The summed E-state index contributed by atoms with van der Waals surface area (Å²) < 4.78 is 34.9. The third kappa shape index (κ3) is 5.49. The van der Waals surface area contributed by atoms with Gasteiger partial charge in [0.25, 0.3) is 0 Å². The van der Waals surface area contributed by atoms with Crippen LogP contribution in [0.2, 0.25) is 0 Å². The number of benzene rings is 2. The Morgan fingerprint density at radius 2 is 1.60 bits per heavy atom. The highest BCUT2D eigenvalue weighted by atomic mass is 32.2.